The summed E-state index contributed by atoms with van der Waals surface area (Å²) >= 11 is 6.14. The molecule has 0 spiro atoms. The number of methoxy groups -OCH3 is 2. The quantitative estimate of drug-likeness (QED) is 0.674. The van der Waals surface area contributed by atoms with E-state index in [0.717, 1.165) is 5.69 Å². The fourth-order valence-corrected chi connectivity index (χ4v) is 2.00. The number of nitrogens with one attached hydrogen (secondary N) is 1. The van der Waals surface area contributed by atoms with Crippen LogP contribution in [0.1, 0.15) is 21.6 Å². The molecule has 120 valence electrons. The Morgan fingerprint density at radius 2 is 1.96 bits per heavy atom. The summed E-state index contributed by atoms with van der Waals surface area (Å²) < 4.78 is 10.4. The molecule has 0 atom stereocenters. The van der Waals surface area contributed by atoms with Crippen molar-refractivity contribution in [3.8, 4) is 11.5 Å². The van der Waals surface area contributed by atoms with Gasteiger partial charge in [-0.15, -0.1) is 0 Å². The number of pyridine rings is 1. The number of ether oxygens (including phenoxy) is 2. The summed E-state index contributed by atoms with van der Waals surface area (Å²) in [5, 5.41) is 4.33. The van der Waals surface area contributed by atoms with E-state index in [4.69, 9.17) is 21.1 Å². The van der Waals surface area contributed by atoms with Crippen LogP contribution >= 0.6 is 11.6 Å². The van der Waals surface area contributed by atoms with Gasteiger partial charge in [0.25, 0.3) is 5.91 Å². The van der Waals surface area contributed by atoms with E-state index in [2.05, 4.69) is 15.5 Å². The monoisotopic (exact) mass is 333 g/mol. The second-order valence-electron chi connectivity index (χ2n) is 4.62. The number of aromatic nitrogens is 1. The largest absolute Gasteiger partial charge is 0.493 e. The highest BCUT2D eigenvalue weighted by Gasteiger charge is 2.09. The summed E-state index contributed by atoms with van der Waals surface area (Å²) in [4.78, 5) is 16.0. The van der Waals surface area contributed by atoms with Crippen LogP contribution in [-0.4, -0.2) is 31.3 Å². The molecule has 1 aromatic carbocycles. The lowest BCUT2D eigenvalue weighted by Gasteiger charge is -2.09. The van der Waals surface area contributed by atoms with Crippen molar-refractivity contribution in [3.63, 3.8) is 0 Å². The van der Waals surface area contributed by atoms with Crippen LogP contribution in [0.4, 0.5) is 0 Å². The number of benzene rings is 1. The molecule has 1 heterocycles. The van der Waals surface area contributed by atoms with Crippen LogP contribution in [0.2, 0.25) is 5.02 Å². The van der Waals surface area contributed by atoms with Crippen molar-refractivity contribution in [2.45, 2.75) is 6.92 Å². The molecule has 0 aliphatic carbocycles. The number of hydrogen-bond donors (Lipinski definition) is 1. The summed E-state index contributed by atoms with van der Waals surface area (Å²) in [7, 11) is 3.05. The summed E-state index contributed by atoms with van der Waals surface area (Å²) in [6.45, 7) is 1.85. The summed E-state index contributed by atoms with van der Waals surface area (Å²) in [6.07, 6.45) is 2.92. The predicted octanol–water partition coefficient (Wildman–Crippen LogP) is 2.82. The van der Waals surface area contributed by atoms with Gasteiger partial charge in [0.05, 0.1) is 31.0 Å². The van der Waals surface area contributed by atoms with Crippen molar-refractivity contribution >= 4 is 23.7 Å². The molecule has 0 saturated heterocycles. The Morgan fingerprint density at radius 3 is 2.57 bits per heavy atom. The van der Waals surface area contributed by atoms with E-state index in [1.165, 1.54) is 26.6 Å². The van der Waals surface area contributed by atoms with Gasteiger partial charge in [0, 0.05) is 23.5 Å². The molecule has 0 aliphatic heterocycles. The average Bonchev–Trinajstić information content (AvgIpc) is 2.56. The Labute approximate surface area is 139 Å². The molecule has 0 unspecified atom stereocenters. The number of halogens is 1. The minimum absolute atomic E-state index is 0.356. The Kier molecular flexibility index (Phi) is 5.54. The first kappa shape index (κ1) is 16.8. The number of rotatable bonds is 5. The lowest BCUT2D eigenvalue weighted by atomic mass is 10.2. The van der Waals surface area contributed by atoms with Crippen molar-refractivity contribution < 1.29 is 14.3 Å². The van der Waals surface area contributed by atoms with E-state index in [1.807, 2.05) is 6.92 Å². The smallest absolute Gasteiger partial charge is 0.272 e. The lowest BCUT2D eigenvalue weighted by molar-refractivity contribution is 0.0955. The van der Waals surface area contributed by atoms with Gasteiger partial charge in [-0.3, -0.25) is 9.78 Å². The molecule has 1 amide bonds. The number of hydrogen-bond acceptors (Lipinski definition) is 5. The molecule has 2 rings (SSSR count). The molecule has 7 heteroatoms. The fourth-order valence-electron chi connectivity index (χ4n) is 1.80. The van der Waals surface area contributed by atoms with Crippen molar-refractivity contribution in [1.29, 1.82) is 0 Å². The standard InChI is InChI=1S/C16H16ClN3O3/c1-10-4-5-11(8-18-10)16(21)20-19-9-12-6-14(22-2)15(23-3)7-13(12)17/h4-9H,1-3H3,(H,20,21)/b19-9-. The van der Waals surface area contributed by atoms with E-state index in [0.29, 0.717) is 27.6 Å². The maximum absolute atomic E-state index is 11.9. The van der Waals surface area contributed by atoms with E-state index in [9.17, 15) is 4.79 Å². The van der Waals surface area contributed by atoms with Gasteiger partial charge in [-0.2, -0.15) is 5.10 Å². The van der Waals surface area contributed by atoms with Crippen LogP contribution in [0, 0.1) is 6.92 Å². The molecular weight excluding hydrogens is 318 g/mol. The average molecular weight is 334 g/mol. The van der Waals surface area contributed by atoms with Crippen LogP contribution in [-0.2, 0) is 0 Å². The van der Waals surface area contributed by atoms with Gasteiger partial charge in [-0.1, -0.05) is 11.6 Å². The van der Waals surface area contributed by atoms with Crippen molar-refractivity contribution in [2.24, 2.45) is 5.10 Å². The molecule has 2 aromatic rings. The molecule has 0 saturated carbocycles. The zero-order chi connectivity index (χ0) is 16.8. The lowest BCUT2D eigenvalue weighted by Crippen LogP contribution is -2.17. The maximum atomic E-state index is 11.9. The maximum Gasteiger partial charge on any atom is 0.272 e. The van der Waals surface area contributed by atoms with Crippen LogP contribution in [0.25, 0.3) is 0 Å². The number of aryl methyl sites for hydroxylation is 1. The molecule has 0 fully saturated rings. The van der Waals surface area contributed by atoms with Crippen LogP contribution in [0.5, 0.6) is 11.5 Å². The Balaban J connectivity index is 2.11. The first-order valence-electron chi connectivity index (χ1n) is 6.72. The third kappa shape index (κ3) is 4.20. The molecule has 1 N–H and O–H groups in total. The van der Waals surface area contributed by atoms with Gasteiger partial charge in [-0.25, -0.2) is 5.43 Å². The molecule has 6 nitrogen and oxygen atoms in total. The molecule has 0 bridgehead atoms. The normalized spacial score (nSPS) is 10.6. The van der Waals surface area contributed by atoms with Crippen LogP contribution < -0.4 is 14.9 Å². The second-order valence-corrected chi connectivity index (χ2v) is 5.02. The van der Waals surface area contributed by atoms with E-state index < -0.39 is 0 Å². The highest BCUT2D eigenvalue weighted by molar-refractivity contribution is 6.33. The van der Waals surface area contributed by atoms with E-state index in [1.54, 1.807) is 24.3 Å². The summed E-state index contributed by atoms with van der Waals surface area (Å²) in [5.74, 6) is 0.683. The third-order valence-corrected chi connectivity index (χ3v) is 3.37. The molecule has 1 aromatic heterocycles. The van der Waals surface area contributed by atoms with Crippen LogP contribution in [0.15, 0.2) is 35.6 Å². The fraction of sp³-hybridized carbons (Fsp3) is 0.188. The zero-order valence-corrected chi connectivity index (χ0v) is 13.7. The van der Waals surface area contributed by atoms with Gasteiger partial charge in [0.2, 0.25) is 0 Å². The first-order chi connectivity index (χ1) is 11.0. The van der Waals surface area contributed by atoms with E-state index in [-0.39, 0.29) is 5.91 Å². The van der Waals surface area contributed by atoms with Gasteiger partial charge in [0.1, 0.15) is 0 Å². The Morgan fingerprint density at radius 1 is 1.26 bits per heavy atom. The van der Waals surface area contributed by atoms with Gasteiger partial charge in [0.15, 0.2) is 11.5 Å². The number of hydrazone groups is 1. The minimum atomic E-state index is -0.356. The SMILES string of the molecule is COc1cc(Cl)c(/C=N\NC(=O)c2ccc(C)nc2)cc1OC. The molecule has 0 aliphatic rings. The van der Waals surface area contributed by atoms with E-state index >= 15 is 0 Å². The summed E-state index contributed by atoms with van der Waals surface area (Å²) in [6, 6.07) is 6.72. The number of nitrogens with zero attached hydrogens (tertiary/aromatic N) is 2. The number of carbonyl (C=O) groups excluding carboxylic acids is 1. The number of amides is 1. The zero-order valence-electron chi connectivity index (χ0n) is 13.0. The molecule has 23 heavy (non-hydrogen) atoms. The van der Waals surface area contributed by atoms with Gasteiger partial charge in [-0.05, 0) is 25.1 Å². The Bertz CT molecular complexity index is 730. The molecule has 0 radical (unpaired) electrons. The topological polar surface area (TPSA) is 72.8 Å². The van der Waals surface area contributed by atoms with Crippen molar-refractivity contribution in [1.82, 2.24) is 10.4 Å². The van der Waals surface area contributed by atoms with Gasteiger partial charge >= 0.3 is 0 Å². The third-order valence-electron chi connectivity index (χ3n) is 3.05. The van der Waals surface area contributed by atoms with Crippen molar-refractivity contribution in [3.05, 3.63) is 52.3 Å². The highest BCUT2D eigenvalue weighted by Crippen LogP contribution is 2.32. The first-order valence-corrected chi connectivity index (χ1v) is 7.10. The van der Waals surface area contributed by atoms with Crippen molar-refractivity contribution in [2.75, 3.05) is 14.2 Å². The number of carbonyl (C=O) groups is 1. The van der Waals surface area contributed by atoms with Crippen LogP contribution in [0.3, 0.4) is 0 Å². The van der Waals surface area contributed by atoms with Gasteiger partial charge < -0.3 is 9.47 Å². The summed E-state index contributed by atoms with van der Waals surface area (Å²) in [5.41, 5.74) is 4.27. The minimum Gasteiger partial charge on any atom is -0.493 e. The predicted molar refractivity (Wildman–Crippen MR) is 88.6 cm³/mol. The second kappa shape index (κ2) is 7.60. The molecular formula is C16H16ClN3O3. The Hall–Kier alpha value is -2.60. The highest BCUT2D eigenvalue weighted by atomic mass is 35.5.